The fraction of sp³-hybridized carbons (Fsp3) is 0.100. The fourth-order valence-electron chi connectivity index (χ4n) is 3.12. The Balaban J connectivity index is 1.76. The van der Waals surface area contributed by atoms with E-state index in [1.807, 2.05) is 55.7 Å². The number of nitrogens with zero attached hydrogens (tertiary/aromatic N) is 2. The molecule has 26 heavy (non-hydrogen) atoms. The summed E-state index contributed by atoms with van der Waals surface area (Å²) >= 11 is 6.78. The number of aryl methyl sites for hydroxylation is 1. The lowest BCUT2D eigenvalue weighted by Crippen LogP contribution is -2.27. The topological polar surface area (TPSA) is 34.5 Å². The normalized spacial score (nSPS) is 16.1. The minimum atomic E-state index is -0.127. The van der Waals surface area contributed by atoms with Gasteiger partial charge >= 0.3 is 0 Å². The van der Waals surface area contributed by atoms with Crippen molar-refractivity contribution >= 4 is 56.9 Å². The number of hydrogen-bond donors (Lipinski definition) is 0. The summed E-state index contributed by atoms with van der Waals surface area (Å²) in [6.45, 7) is 0. The van der Waals surface area contributed by atoms with Crippen molar-refractivity contribution in [3.8, 4) is 5.75 Å². The quantitative estimate of drug-likeness (QED) is 0.492. The van der Waals surface area contributed by atoms with Crippen LogP contribution in [0.3, 0.4) is 0 Å². The summed E-state index contributed by atoms with van der Waals surface area (Å²) in [5.74, 6) is 0.493. The summed E-state index contributed by atoms with van der Waals surface area (Å²) in [4.78, 5) is 15.2. The molecule has 0 unspecified atom stereocenters. The summed E-state index contributed by atoms with van der Waals surface area (Å²) in [5.41, 5.74) is 2.79. The Kier molecular flexibility index (Phi) is 4.30. The second kappa shape index (κ2) is 6.63. The monoisotopic (exact) mass is 380 g/mol. The van der Waals surface area contributed by atoms with Crippen LogP contribution < -0.4 is 9.64 Å². The Morgan fingerprint density at radius 2 is 1.85 bits per heavy atom. The minimum absolute atomic E-state index is 0.127. The Morgan fingerprint density at radius 3 is 2.65 bits per heavy atom. The third-order valence-electron chi connectivity index (χ3n) is 4.33. The highest BCUT2D eigenvalue weighted by molar-refractivity contribution is 8.27. The summed E-state index contributed by atoms with van der Waals surface area (Å²) in [5, 5.41) is 1.11. The average Bonchev–Trinajstić information content (AvgIpc) is 3.12. The third kappa shape index (κ3) is 2.71. The molecule has 1 fully saturated rings. The highest BCUT2D eigenvalue weighted by Crippen LogP contribution is 2.40. The highest BCUT2D eigenvalue weighted by Gasteiger charge is 2.35. The zero-order chi connectivity index (χ0) is 18.3. The van der Waals surface area contributed by atoms with Gasteiger partial charge in [0.25, 0.3) is 5.91 Å². The lowest BCUT2D eigenvalue weighted by molar-refractivity contribution is -0.113. The first kappa shape index (κ1) is 16.9. The van der Waals surface area contributed by atoms with Gasteiger partial charge in [-0.3, -0.25) is 9.69 Å². The maximum Gasteiger partial charge on any atom is 0.270 e. The van der Waals surface area contributed by atoms with E-state index in [4.69, 9.17) is 17.0 Å². The lowest BCUT2D eigenvalue weighted by Gasteiger charge is -2.17. The molecule has 6 heteroatoms. The zero-order valence-electron chi connectivity index (χ0n) is 14.3. The van der Waals surface area contributed by atoms with Gasteiger partial charge in [0.1, 0.15) is 5.75 Å². The molecule has 0 bridgehead atoms. The number of carbonyl (C=O) groups excluding carboxylic acids is 1. The largest absolute Gasteiger partial charge is 0.495 e. The van der Waals surface area contributed by atoms with Gasteiger partial charge < -0.3 is 9.30 Å². The van der Waals surface area contributed by atoms with Crippen molar-refractivity contribution in [3.63, 3.8) is 0 Å². The van der Waals surface area contributed by atoms with E-state index in [1.54, 1.807) is 7.11 Å². The van der Waals surface area contributed by atoms with Crippen molar-refractivity contribution < 1.29 is 9.53 Å². The summed E-state index contributed by atoms with van der Waals surface area (Å²) in [6, 6.07) is 15.5. The van der Waals surface area contributed by atoms with Crippen LogP contribution in [0.25, 0.3) is 17.0 Å². The molecule has 3 aromatic rings. The van der Waals surface area contributed by atoms with Gasteiger partial charge in [0.2, 0.25) is 0 Å². The van der Waals surface area contributed by atoms with Gasteiger partial charge in [0.05, 0.1) is 17.7 Å². The number of para-hydroxylation sites is 3. The van der Waals surface area contributed by atoms with E-state index in [0.717, 1.165) is 16.5 Å². The number of thiocarbonyl (C=S) groups is 1. The van der Waals surface area contributed by atoms with Gasteiger partial charge in [-0.2, -0.15) is 0 Å². The molecule has 1 aromatic heterocycles. The van der Waals surface area contributed by atoms with Crippen molar-refractivity contribution in [1.29, 1.82) is 0 Å². The average molecular weight is 380 g/mol. The molecular formula is C20H16N2O2S2. The molecule has 0 aliphatic carbocycles. The molecule has 0 radical (unpaired) electrons. The van der Waals surface area contributed by atoms with E-state index in [0.29, 0.717) is 20.7 Å². The van der Waals surface area contributed by atoms with Crippen LogP contribution in [0.4, 0.5) is 5.69 Å². The Morgan fingerprint density at radius 1 is 1.12 bits per heavy atom. The second-order valence-corrected chi connectivity index (χ2v) is 7.58. The molecule has 2 aromatic carbocycles. The van der Waals surface area contributed by atoms with Crippen molar-refractivity contribution in [2.24, 2.45) is 7.05 Å². The number of fused-ring (bicyclic) bond motifs is 1. The molecule has 1 aliphatic rings. The first-order valence-electron chi connectivity index (χ1n) is 8.05. The Labute approximate surface area is 161 Å². The van der Waals surface area contributed by atoms with E-state index in [2.05, 4.69) is 16.7 Å². The van der Waals surface area contributed by atoms with Crippen LogP contribution in [-0.2, 0) is 11.8 Å². The molecule has 130 valence electrons. The summed E-state index contributed by atoms with van der Waals surface area (Å²) in [7, 11) is 3.59. The standard InChI is InChI=1S/C20H16N2O2S2/c1-21-12-13(14-7-3-4-8-15(14)21)11-18-19(23)22(20(25)26-18)16-9-5-6-10-17(16)24-2/h3-12H,1-2H3/b18-11-. The molecule has 0 spiro atoms. The summed E-state index contributed by atoms with van der Waals surface area (Å²) < 4.78 is 7.95. The molecule has 4 nitrogen and oxygen atoms in total. The predicted molar refractivity (Wildman–Crippen MR) is 112 cm³/mol. The number of thioether (sulfide) groups is 1. The smallest absolute Gasteiger partial charge is 0.270 e. The van der Waals surface area contributed by atoms with Crippen molar-refractivity contribution in [2.45, 2.75) is 0 Å². The molecule has 4 rings (SSSR count). The van der Waals surface area contributed by atoms with Gasteiger partial charge in [-0.25, -0.2) is 0 Å². The van der Waals surface area contributed by atoms with Crippen LogP contribution in [0.15, 0.2) is 59.6 Å². The maximum atomic E-state index is 13.0. The maximum absolute atomic E-state index is 13.0. The van der Waals surface area contributed by atoms with Crippen LogP contribution in [0.1, 0.15) is 5.56 Å². The van der Waals surface area contributed by atoms with E-state index in [-0.39, 0.29) is 5.91 Å². The number of ether oxygens (including phenoxy) is 1. The van der Waals surface area contributed by atoms with E-state index in [1.165, 1.54) is 16.7 Å². The van der Waals surface area contributed by atoms with Crippen molar-refractivity contribution in [3.05, 3.63) is 65.2 Å². The Hall–Kier alpha value is -2.57. The molecule has 0 saturated carbocycles. The number of benzene rings is 2. The number of hydrogen-bond acceptors (Lipinski definition) is 4. The molecule has 0 N–H and O–H groups in total. The fourth-order valence-corrected chi connectivity index (χ4v) is 4.39. The van der Waals surface area contributed by atoms with Crippen molar-refractivity contribution in [2.75, 3.05) is 12.0 Å². The number of methoxy groups -OCH3 is 1. The van der Waals surface area contributed by atoms with Gasteiger partial charge in [-0.15, -0.1) is 0 Å². The molecule has 1 aliphatic heterocycles. The minimum Gasteiger partial charge on any atom is -0.495 e. The number of rotatable bonds is 3. The number of aromatic nitrogens is 1. The Bertz CT molecular complexity index is 1070. The SMILES string of the molecule is COc1ccccc1N1C(=O)/C(=C/c2cn(C)c3ccccc23)SC1=S. The van der Waals surface area contributed by atoms with Crippen LogP contribution in [-0.4, -0.2) is 21.9 Å². The molecule has 2 heterocycles. The summed E-state index contributed by atoms with van der Waals surface area (Å²) in [6.07, 6.45) is 3.94. The highest BCUT2D eigenvalue weighted by atomic mass is 32.2. The predicted octanol–water partition coefficient (Wildman–Crippen LogP) is 4.59. The van der Waals surface area contributed by atoms with E-state index < -0.39 is 0 Å². The van der Waals surface area contributed by atoms with Crippen LogP contribution in [0, 0.1) is 0 Å². The first-order valence-corrected chi connectivity index (χ1v) is 9.27. The number of anilines is 1. The molecular weight excluding hydrogens is 364 g/mol. The van der Waals surface area contributed by atoms with E-state index >= 15 is 0 Å². The van der Waals surface area contributed by atoms with Gasteiger partial charge in [0.15, 0.2) is 4.32 Å². The lowest BCUT2D eigenvalue weighted by atomic mass is 10.1. The van der Waals surface area contributed by atoms with Gasteiger partial charge in [-0.05, 0) is 24.3 Å². The molecule has 1 amide bonds. The third-order valence-corrected chi connectivity index (χ3v) is 5.64. The van der Waals surface area contributed by atoms with Crippen LogP contribution >= 0.6 is 24.0 Å². The molecule has 1 saturated heterocycles. The van der Waals surface area contributed by atoms with Crippen LogP contribution in [0.5, 0.6) is 5.75 Å². The van der Waals surface area contributed by atoms with E-state index in [9.17, 15) is 4.79 Å². The second-order valence-electron chi connectivity index (χ2n) is 5.90. The number of carbonyl (C=O) groups is 1. The van der Waals surface area contributed by atoms with Gasteiger partial charge in [0, 0.05) is 29.7 Å². The van der Waals surface area contributed by atoms with Crippen LogP contribution in [0.2, 0.25) is 0 Å². The molecule has 0 atom stereocenters. The first-order chi connectivity index (χ1) is 12.6. The van der Waals surface area contributed by atoms with Crippen molar-refractivity contribution in [1.82, 2.24) is 4.57 Å². The van der Waals surface area contributed by atoms with Gasteiger partial charge in [-0.1, -0.05) is 54.3 Å². The number of amides is 1. The zero-order valence-corrected chi connectivity index (χ0v) is 15.9.